The fourth-order valence-corrected chi connectivity index (χ4v) is 1.45. The molecule has 1 aromatic carbocycles. The Morgan fingerprint density at radius 1 is 1.27 bits per heavy atom. The Morgan fingerprint density at radius 3 is 2.33 bits per heavy atom. The van der Waals surface area contributed by atoms with Gasteiger partial charge in [-0.25, -0.2) is 0 Å². The van der Waals surface area contributed by atoms with E-state index in [9.17, 15) is 5.11 Å². The number of aliphatic hydroxyl groups is 1. The molecule has 0 radical (unpaired) electrons. The molecule has 1 N–H and O–H groups in total. The first-order valence-electron chi connectivity index (χ1n) is 5.50. The van der Waals surface area contributed by atoms with Gasteiger partial charge in [0.1, 0.15) is 5.75 Å². The molecule has 15 heavy (non-hydrogen) atoms. The van der Waals surface area contributed by atoms with Crippen LogP contribution in [0.25, 0.3) is 0 Å². The molecule has 1 saturated carbocycles. The summed E-state index contributed by atoms with van der Waals surface area (Å²) < 4.78 is 5.66. The molecule has 2 rings (SSSR count). The largest absolute Gasteiger partial charge is 0.490 e. The van der Waals surface area contributed by atoms with E-state index in [1.165, 1.54) is 12.8 Å². The van der Waals surface area contributed by atoms with Gasteiger partial charge in [-0.2, -0.15) is 0 Å². The number of hydrogen-bond acceptors (Lipinski definition) is 2. The second kappa shape index (κ2) is 3.86. The van der Waals surface area contributed by atoms with E-state index in [4.69, 9.17) is 4.74 Å². The zero-order chi connectivity index (χ0) is 10.9. The van der Waals surface area contributed by atoms with Crippen LogP contribution in [0.3, 0.4) is 0 Å². The Balaban J connectivity index is 2.08. The molecule has 82 valence electrons. The lowest BCUT2D eigenvalue weighted by Gasteiger charge is -2.22. The van der Waals surface area contributed by atoms with Crippen LogP contribution in [0.2, 0.25) is 0 Å². The second-order valence-corrected chi connectivity index (χ2v) is 4.88. The highest BCUT2D eigenvalue weighted by Crippen LogP contribution is 2.29. The van der Waals surface area contributed by atoms with Crippen molar-refractivity contribution in [2.45, 2.75) is 38.2 Å². The Hall–Kier alpha value is -1.02. The summed E-state index contributed by atoms with van der Waals surface area (Å²) >= 11 is 0. The summed E-state index contributed by atoms with van der Waals surface area (Å²) in [4.78, 5) is 0. The summed E-state index contributed by atoms with van der Waals surface area (Å²) in [5.41, 5.74) is 0.978. The molecule has 0 heterocycles. The summed E-state index contributed by atoms with van der Waals surface area (Å²) in [6.07, 6.45) is 2.81. The first-order valence-corrected chi connectivity index (χ1v) is 5.50. The normalized spacial score (nSPS) is 16.5. The van der Waals surface area contributed by atoms with Gasteiger partial charge < -0.3 is 9.84 Å². The molecule has 0 aromatic heterocycles. The summed E-state index contributed by atoms with van der Waals surface area (Å²) in [6, 6.07) is 8.05. The third-order valence-corrected chi connectivity index (χ3v) is 2.86. The summed E-state index contributed by atoms with van der Waals surface area (Å²) in [5, 5.41) is 9.24. The minimum absolute atomic E-state index is 0.163. The molecular formula is C13H18O2. The maximum atomic E-state index is 9.24. The van der Waals surface area contributed by atoms with E-state index in [1.807, 2.05) is 38.1 Å². The van der Waals surface area contributed by atoms with Crippen molar-refractivity contribution in [3.8, 4) is 5.75 Å². The molecule has 0 amide bonds. The van der Waals surface area contributed by atoms with Crippen molar-refractivity contribution in [2.75, 3.05) is 6.61 Å². The van der Waals surface area contributed by atoms with Gasteiger partial charge in [0, 0.05) is 5.41 Å². The molecule has 0 aliphatic heterocycles. The van der Waals surface area contributed by atoms with Crippen LogP contribution in [0, 0.1) is 0 Å². The maximum Gasteiger partial charge on any atom is 0.119 e. The lowest BCUT2D eigenvalue weighted by molar-refractivity contribution is 0.218. The summed E-state index contributed by atoms with van der Waals surface area (Å²) in [7, 11) is 0. The topological polar surface area (TPSA) is 29.5 Å². The highest BCUT2D eigenvalue weighted by atomic mass is 16.5. The van der Waals surface area contributed by atoms with Crippen LogP contribution in [0.1, 0.15) is 32.3 Å². The Kier molecular flexibility index (Phi) is 2.70. The SMILES string of the molecule is CC(C)(CO)c1ccc(OC2CC2)cc1. The minimum Gasteiger partial charge on any atom is -0.490 e. The molecule has 0 spiro atoms. The molecule has 1 aliphatic rings. The van der Waals surface area contributed by atoms with Crippen LogP contribution < -0.4 is 4.74 Å². The molecule has 1 aliphatic carbocycles. The first-order chi connectivity index (χ1) is 7.12. The van der Waals surface area contributed by atoms with Crippen molar-refractivity contribution in [1.82, 2.24) is 0 Å². The summed E-state index contributed by atoms with van der Waals surface area (Å²) in [6.45, 7) is 4.23. The zero-order valence-electron chi connectivity index (χ0n) is 9.36. The zero-order valence-corrected chi connectivity index (χ0v) is 9.36. The van der Waals surface area contributed by atoms with E-state index in [0.29, 0.717) is 6.10 Å². The Morgan fingerprint density at radius 2 is 1.87 bits per heavy atom. The van der Waals surface area contributed by atoms with E-state index in [1.54, 1.807) is 0 Å². The quantitative estimate of drug-likeness (QED) is 0.820. The van der Waals surface area contributed by atoms with Gasteiger partial charge in [-0.1, -0.05) is 26.0 Å². The monoisotopic (exact) mass is 206 g/mol. The highest BCUT2D eigenvalue weighted by molar-refractivity contribution is 5.32. The molecule has 2 nitrogen and oxygen atoms in total. The fraction of sp³-hybridized carbons (Fsp3) is 0.538. The average molecular weight is 206 g/mol. The molecule has 2 heteroatoms. The van der Waals surface area contributed by atoms with E-state index in [2.05, 4.69) is 0 Å². The average Bonchev–Trinajstić information content (AvgIpc) is 3.03. The van der Waals surface area contributed by atoms with Crippen LogP contribution in [-0.2, 0) is 5.41 Å². The molecular weight excluding hydrogens is 188 g/mol. The first kappa shape index (κ1) is 10.5. The van der Waals surface area contributed by atoms with Crippen LogP contribution in [-0.4, -0.2) is 17.8 Å². The van der Waals surface area contributed by atoms with E-state index in [-0.39, 0.29) is 12.0 Å². The summed E-state index contributed by atoms with van der Waals surface area (Å²) in [5.74, 6) is 0.940. The van der Waals surface area contributed by atoms with Crippen molar-refractivity contribution in [2.24, 2.45) is 0 Å². The second-order valence-electron chi connectivity index (χ2n) is 4.88. The fourth-order valence-electron chi connectivity index (χ4n) is 1.45. The lowest BCUT2D eigenvalue weighted by Crippen LogP contribution is -2.21. The molecule has 0 saturated heterocycles. The van der Waals surface area contributed by atoms with Gasteiger partial charge >= 0.3 is 0 Å². The maximum absolute atomic E-state index is 9.24. The minimum atomic E-state index is -0.169. The van der Waals surface area contributed by atoms with Gasteiger partial charge in [-0.05, 0) is 30.5 Å². The van der Waals surface area contributed by atoms with Crippen molar-refractivity contribution >= 4 is 0 Å². The lowest BCUT2D eigenvalue weighted by atomic mass is 9.86. The predicted octanol–water partition coefficient (Wildman–Crippen LogP) is 2.50. The van der Waals surface area contributed by atoms with Crippen molar-refractivity contribution < 1.29 is 9.84 Å². The number of benzene rings is 1. The van der Waals surface area contributed by atoms with Crippen LogP contribution in [0.5, 0.6) is 5.75 Å². The van der Waals surface area contributed by atoms with Gasteiger partial charge in [0.15, 0.2) is 0 Å². The number of aliphatic hydroxyl groups excluding tert-OH is 1. The van der Waals surface area contributed by atoms with Crippen LogP contribution >= 0.6 is 0 Å². The van der Waals surface area contributed by atoms with E-state index in [0.717, 1.165) is 11.3 Å². The van der Waals surface area contributed by atoms with E-state index >= 15 is 0 Å². The van der Waals surface area contributed by atoms with Crippen molar-refractivity contribution in [1.29, 1.82) is 0 Å². The number of rotatable bonds is 4. The molecule has 0 bridgehead atoms. The van der Waals surface area contributed by atoms with Gasteiger partial charge in [-0.3, -0.25) is 0 Å². The number of hydrogen-bond donors (Lipinski definition) is 1. The molecule has 0 atom stereocenters. The smallest absolute Gasteiger partial charge is 0.119 e. The molecule has 1 aromatic rings. The van der Waals surface area contributed by atoms with Crippen molar-refractivity contribution in [3.05, 3.63) is 29.8 Å². The van der Waals surface area contributed by atoms with Gasteiger partial charge in [0.25, 0.3) is 0 Å². The molecule has 0 unspecified atom stereocenters. The predicted molar refractivity (Wildman–Crippen MR) is 60.2 cm³/mol. The molecule has 1 fully saturated rings. The Bertz CT molecular complexity index is 323. The van der Waals surface area contributed by atoms with Crippen LogP contribution in [0.4, 0.5) is 0 Å². The van der Waals surface area contributed by atoms with Gasteiger partial charge in [0.05, 0.1) is 12.7 Å². The third-order valence-electron chi connectivity index (χ3n) is 2.86. The van der Waals surface area contributed by atoms with Gasteiger partial charge in [0.2, 0.25) is 0 Å². The Labute approximate surface area is 90.9 Å². The highest BCUT2D eigenvalue weighted by Gasteiger charge is 2.24. The third kappa shape index (κ3) is 2.51. The van der Waals surface area contributed by atoms with Crippen LogP contribution in [0.15, 0.2) is 24.3 Å². The van der Waals surface area contributed by atoms with E-state index < -0.39 is 0 Å². The van der Waals surface area contributed by atoms with Crippen molar-refractivity contribution in [3.63, 3.8) is 0 Å². The standard InChI is InChI=1S/C13H18O2/c1-13(2,9-14)10-3-5-11(6-4-10)15-12-7-8-12/h3-6,12,14H,7-9H2,1-2H3. The number of ether oxygens (including phenoxy) is 1. The van der Waals surface area contributed by atoms with Gasteiger partial charge in [-0.15, -0.1) is 0 Å².